The summed E-state index contributed by atoms with van der Waals surface area (Å²) in [7, 11) is 0. The van der Waals surface area contributed by atoms with Crippen LogP contribution >= 0.6 is 0 Å². The van der Waals surface area contributed by atoms with Gasteiger partial charge >= 0.3 is 0 Å². The van der Waals surface area contributed by atoms with Crippen LogP contribution in [0.3, 0.4) is 0 Å². The van der Waals surface area contributed by atoms with E-state index in [1.54, 1.807) is 0 Å². The lowest BCUT2D eigenvalue weighted by molar-refractivity contribution is -0.127. The molecule has 0 rings (SSSR count). The third-order valence-corrected chi connectivity index (χ3v) is 3.88. The number of unbranched alkanes of at least 4 members (excludes halogenated alkanes) is 4. The second kappa shape index (κ2) is 16.8. The van der Waals surface area contributed by atoms with Gasteiger partial charge in [-0.3, -0.25) is 9.59 Å². The first-order valence-corrected chi connectivity index (χ1v) is 9.28. The number of nitrogens with two attached hydrogens (primary N) is 3. The van der Waals surface area contributed by atoms with Crippen LogP contribution in [0.15, 0.2) is 0 Å². The van der Waals surface area contributed by atoms with Gasteiger partial charge in [0.05, 0.1) is 6.04 Å². The smallest absolute Gasteiger partial charge is 0.222 e. The summed E-state index contributed by atoms with van der Waals surface area (Å²) in [6.45, 7) is 3.24. The van der Waals surface area contributed by atoms with E-state index in [2.05, 4.69) is 10.6 Å². The molecule has 142 valence electrons. The van der Waals surface area contributed by atoms with Gasteiger partial charge in [0.25, 0.3) is 0 Å². The standard InChI is InChI=1S/C17H37N5O2/c18-9-3-1-2-8-16(23)15(21-12-6-4-10-19)14-17(24)22-13-7-5-11-20/h15,21H,1-14,18-20H2,(H,22,24). The molecule has 0 aromatic heterocycles. The van der Waals surface area contributed by atoms with E-state index in [1.807, 2.05) is 0 Å². The van der Waals surface area contributed by atoms with Crippen LogP contribution in [-0.2, 0) is 9.59 Å². The molecule has 1 atom stereocenters. The Bertz CT molecular complexity index is 326. The van der Waals surface area contributed by atoms with Crippen molar-refractivity contribution >= 4 is 11.7 Å². The second-order valence-electron chi connectivity index (χ2n) is 6.12. The number of Topliss-reactive ketones (excluding diaryl/α,β-unsaturated/α-hetero) is 1. The highest BCUT2D eigenvalue weighted by molar-refractivity contribution is 5.89. The molecule has 0 saturated heterocycles. The monoisotopic (exact) mass is 343 g/mol. The van der Waals surface area contributed by atoms with Crippen molar-refractivity contribution in [1.82, 2.24) is 10.6 Å². The quantitative estimate of drug-likeness (QED) is 0.236. The molecule has 7 heteroatoms. The fourth-order valence-corrected chi connectivity index (χ4v) is 2.39. The summed E-state index contributed by atoms with van der Waals surface area (Å²) in [4.78, 5) is 24.4. The van der Waals surface area contributed by atoms with Crippen molar-refractivity contribution in [2.45, 2.75) is 63.8 Å². The van der Waals surface area contributed by atoms with Crippen molar-refractivity contribution in [2.24, 2.45) is 17.2 Å². The minimum Gasteiger partial charge on any atom is -0.356 e. The predicted octanol–water partition coefficient (Wildman–Crippen LogP) is 0.0169. The highest BCUT2D eigenvalue weighted by Crippen LogP contribution is 2.05. The summed E-state index contributed by atoms with van der Waals surface area (Å²) in [5.74, 6) is 0.0236. The molecule has 0 bridgehead atoms. The lowest BCUT2D eigenvalue weighted by Gasteiger charge is -2.17. The Balaban J connectivity index is 4.23. The van der Waals surface area contributed by atoms with Crippen LogP contribution < -0.4 is 27.8 Å². The molecule has 0 aliphatic carbocycles. The van der Waals surface area contributed by atoms with Crippen LogP contribution in [0.1, 0.15) is 57.8 Å². The van der Waals surface area contributed by atoms with E-state index >= 15 is 0 Å². The lowest BCUT2D eigenvalue weighted by Crippen LogP contribution is -2.42. The van der Waals surface area contributed by atoms with E-state index in [4.69, 9.17) is 17.2 Å². The number of amides is 1. The lowest BCUT2D eigenvalue weighted by atomic mass is 10.0. The van der Waals surface area contributed by atoms with Crippen molar-refractivity contribution in [3.8, 4) is 0 Å². The predicted molar refractivity (Wildman–Crippen MR) is 98.5 cm³/mol. The first kappa shape index (κ1) is 23.0. The van der Waals surface area contributed by atoms with Gasteiger partial charge in [0.2, 0.25) is 5.91 Å². The number of nitrogens with one attached hydrogen (secondary N) is 2. The van der Waals surface area contributed by atoms with E-state index < -0.39 is 6.04 Å². The Morgan fingerprint density at radius 1 is 0.750 bits per heavy atom. The topological polar surface area (TPSA) is 136 Å². The normalized spacial score (nSPS) is 12.1. The molecule has 0 saturated carbocycles. The van der Waals surface area contributed by atoms with Gasteiger partial charge in [-0.05, 0) is 64.7 Å². The van der Waals surface area contributed by atoms with E-state index in [9.17, 15) is 9.59 Å². The number of carbonyl (C=O) groups excluding carboxylic acids is 2. The average molecular weight is 344 g/mol. The minimum atomic E-state index is -0.407. The largest absolute Gasteiger partial charge is 0.356 e. The van der Waals surface area contributed by atoms with Crippen LogP contribution in [0.2, 0.25) is 0 Å². The van der Waals surface area contributed by atoms with Gasteiger partial charge < -0.3 is 27.8 Å². The number of hydrogen-bond acceptors (Lipinski definition) is 6. The second-order valence-corrected chi connectivity index (χ2v) is 6.12. The van der Waals surface area contributed by atoms with Gasteiger partial charge in [-0.1, -0.05) is 6.42 Å². The maximum Gasteiger partial charge on any atom is 0.222 e. The molecule has 0 spiro atoms. The van der Waals surface area contributed by atoms with Crippen LogP contribution in [0.5, 0.6) is 0 Å². The van der Waals surface area contributed by atoms with Gasteiger partial charge in [-0.2, -0.15) is 0 Å². The summed E-state index contributed by atoms with van der Waals surface area (Å²) >= 11 is 0. The maximum absolute atomic E-state index is 12.4. The third-order valence-electron chi connectivity index (χ3n) is 3.88. The van der Waals surface area contributed by atoms with E-state index in [-0.39, 0.29) is 18.1 Å². The number of carbonyl (C=O) groups is 2. The van der Waals surface area contributed by atoms with Gasteiger partial charge in [-0.15, -0.1) is 0 Å². The first-order valence-electron chi connectivity index (χ1n) is 9.28. The van der Waals surface area contributed by atoms with Crippen LogP contribution in [0, 0.1) is 0 Å². The zero-order valence-corrected chi connectivity index (χ0v) is 15.0. The Morgan fingerprint density at radius 3 is 1.96 bits per heavy atom. The Morgan fingerprint density at radius 2 is 1.33 bits per heavy atom. The molecule has 1 unspecified atom stereocenters. The Hall–Kier alpha value is -1.02. The molecule has 0 aromatic rings. The third kappa shape index (κ3) is 13.4. The van der Waals surface area contributed by atoms with Crippen LogP contribution in [-0.4, -0.2) is 50.5 Å². The average Bonchev–Trinajstić information content (AvgIpc) is 2.58. The van der Waals surface area contributed by atoms with Crippen molar-refractivity contribution in [1.29, 1.82) is 0 Å². The zero-order chi connectivity index (χ0) is 18.0. The fraction of sp³-hybridized carbons (Fsp3) is 0.882. The van der Waals surface area contributed by atoms with Gasteiger partial charge in [0, 0.05) is 19.4 Å². The maximum atomic E-state index is 12.4. The molecule has 0 heterocycles. The summed E-state index contributed by atoms with van der Waals surface area (Å²) in [6.07, 6.45) is 6.98. The molecule has 0 aromatic carbocycles. The molecule has 0 fully saturated rings. The van der Waals surface area contributed by atoms with Gasteiger partial charge in [0.1, 0.15) is 5.78 Å². The van der Waals surface area contributed by atoms with E-state index in [0.717, 1.165) is 44.9 Å². The number of ketones is 1. The molecule has 24 heavy (non-hydrogen) atoms. The first-order chi connectivity index (χ1) is 11.7. The van der Waals surface area contributed by atoms with Crippen molar-refractivity contribution in [3.05, 3.63) is 0 Å². The molecular weight excluding hydrogens is 306 g/mol. The van der Waals surface area contributed by atoms with Gasteiger partial charge in [0.15, 0.2) is 0 Å². The fourth-order valence-electron chi connectivity index (χ4n) is 2.39. The number of rotatable bonds is 17. The van der Waals surface area contributed by atoms with Crippen LogP contribution in [0.25, 0.3) is 0 Å². The van der Waals surface area contributed by atoms with Crippen molar-refractivity contribution in [3.63, 3.8) is 0 Å². The summed E-state index contributed by atoms with van der Waals surface area (Å²) in [6, 6.07) is -0.407. The molecule has 0 aliphatic rings. The highest BCUT2D eigenvalue weighted by Gasteiger charge is 2.20. The molecule has 8 N–H and O–H groups in total. The highest BCUT2D eigenvalue weighted by atomic mass is 16.2. The Kier molecular flexibility index (Phi) is 16.1. The molecule has 0 aliphatic heterocycles. The van der Waals surface area contributed by atoms with Crippen LogP contribution in [0.4, 0.5) is 0 Å². The molecule has 7 nitrogen and oxygen atoms in total. The van der Waals surface area contributed by atoms with Crippen molar-refractivity contribution < 1.29 is 9.59 Å². The van der Waals surface area contributed by atoms with E-state index in [0.29, 0.717) is 39.1 Å². The molecular formula is C17H37N5O2. The zero-order valence-electron chi connectivity index (χ0n) is 15.0. The summed E-state index contributed by atoms with van der Waals surface area (Å²) in [5, 5.41) is 6.07. The minimum absolute atomic E-state index is 0.0846. The molecule has 0 radical (unpaired) electrons. The molecule has 1 amide bonds. The SMILES string of the molecule is NCCCCCC(=O)C(CC(=O)NCCCCN)NCCCCN. The van der Waals surface area contributed by atoms with E-state index in [1.165, 1.54) is 0 Å². The van der Waals surface area contributed by atoms with Gasteiger partial charge in [-0.25, -0.2) is 0 Å². The summed E-state index contributed by atoms with van der Waals surface area (Å²) < 4.78 is 0. The summed E-state index contributed by atoms with van der Waals surface area (Å²) in [5.41, 5.74) is 16.4. The number of hydrogen-bond donors (Lipinski definition) is 5. The Labute approximate surface area is 146 Å². The van der Waals surface area contributed by atoms with Crippen molar-refractivity contribution in [2.75, 3.05) is 32.7 Å².